The highest BCUT2D eigenvalue weighted by Gasteiger charge is 2.32. The minimum absolute atomic E-state index is 0.218. The summed E-state index contributed by atoms with van der Waals surface area (Å²) in [5.41, 5.74) is 3.72. The largest absolute Gasteiger partial charge is 0.343 e. The second-order valence-corrected chi connectivity index (χ2v) is 9.80. The topological polar surface area (TPSA) is 71.4 Å². The SMILES string of the molecule is Cc1ccc(NC(=O)c2cc(S(=O)(=O)N3CCC(C)CC3)c(C)n2C)c(C)c1. The van der Waals surface area contributed by atoms with Crippen molar-refractivity contribution in [2.45, 2.75) is 45.4 Å². The first-order valence-corrected chi connectivity index (χ1v) is 11.1. The molecule has 1 N–H and O–H groups in total. The minimum atomic E-state index is -3.61. The second kappa shape index (κ2) is 7.72. The molecule has 0 aliphatic carbocycles. The summed E-state index contributed by atoms with van der Waals surface area (Å²) in [5, 5.41) is 2.90. The Morgan fingerprint density at radius 3 is 2.36 bits per heavy atom. The summed E-state index contributed by atoms with van der Waals surface area (Å²) in [6.07, 6.45) is 1.73. The van der Waals surface area contributed by atoms with Gasteiger partial charge in [-0.1, -0.05) is 24.6 Å². The zero-order valence-electron chi connectivity index (χ0n) is 17.2. The quantitative estimate of drug-likeness (QED) is 0.847. The first-order valence-electron chi connectivity index (χ1n) is 9.66. The van der Waals surface area contributed by atoms with Gasteiger partial charge in [-0.05, 0) is 57.2 Å². The summed E-state index contributed by atoms with van der Waals surface area (Å²) in [4.78, 5) is 13.1. The number of aromatic nitrogens is 1. The highest BCUT2D eigenvalue weighted by atomic mass is 32.2. The third kappa shape index (κ3) is 3.86. The Morgan fingerprint density at radius 2 is 1.75 bits per heavy atom. The van der Waals surface area contributed by atoms with Gasteiger partial charge >= 0.3 is 0 Å². The van der Waals surface area contributed by atoms with Crippen LogP contribution in [0.4, 0.5) is 5.69 Å². The number of amides is 1. The number of hydrogen-bond donors (Lipinski definition) is 1. The second-order valence-electron chi connectivity index (χ2n) is 7.90. The molecule has 1 amide bonds. The number of nitrogens with zero attached hydrogens (tertiary/aromatic N) is 2. The number of aryl methyl sites for hydroxylation is 2. The van der Waals surface area contributed by atoms with Gasteiger partial charge in [0.2, 0.25) is 10.0 Å². The maximum Gasteiger partial charge on any atom is 0.272 e. The molecule has 152 valence electrons. The molecule has 1 aliphatic heterocycles. The lowest BCUT2D eigenvalue weighted by Gasteiger charge is -2.29. The molecule has 0 spiro atoms. The molecule has 1 fully saturated rings. The highest BCUT2D eigenvalue weighted by Crippen LogP contribution is 2.28. The number of rotatable bonds is 4. The molecule has 2 aromatic rings. The van der Waals surface area contributed by atoms with Crippen molar-refractivity contribution in [3.8, 4) is 0 Å². The van der Waals surface area contributed by atoms with E-state index in [9.17, 15) is 13.2 Å². The fourth-order valence-corrected chi connectivity index (χ4v) is 5.40. The van der Waals surface area contributed by atoms with E-state index in [1.807, 2.05) is 32.0 Å². The number of hydrogen-bond acceptors (Lipinski definition) is 3. The van der Waals surface area contributed by atoms with Crippen molar-refractivity contribution >= 4 is 21.6 Å². The molecule has 2 heterocycles. The van der Waals surface area contributed by atoms with Gasteiger partial charge in [-0.25, -0.2) is 8.42 Å². The molecule has 7 heteroatoms. The van der Waals surface area contributed by atoms with Gasteiger partial charge in [0.25, 0.3) is 5.91 Å². The van der Waals surface area contributed by atoms with E-state index in [2.05, 4.69) is 12.2 Å². The van der Waals surface area contributed by atoms with Gasteiger partial charge in [-0.15, -0.1) is 0 Å². The predicted octanol–water partition coefficient (Wildman–Crippen LogP) is 3.62. The molecular formula is C21H29N3O3S. The van der Waals surface area contributed by atoms with E-state index in [0.29, 0.717) is 30.4 Å². The Labute approximate surface area is 167 Å². The van der Waals surface area contributed by atoms with Crippen LogP contribution in [0.15, 0.2) is 29.2 Å². The van der Waals surface area contributed by atoms with Crippen LogP contribution in [0.5, 0.6) is 0 Å². The number of carbonyl (C=O) groups excluding carboxylic acids is 1. The first kappa shape index (κ1) is 20.6. The van der Waals surface area contributed by atoms with E-state index in [1.54, 1.807) is 22.8 Å². The van der Waals surface area contributed by atoms with Crippen LogP contribution < -0.4 is 5.32 Å². The van der Waals surface area contributed by atoms with Crippen molar-refractivity contribution in [3.63, 3.8) is 0 Å². The van der Waals surface area contributed by atoms with E-state index in [-0.39, 0.29) is 10.8 Å². The van der Waals surface area contributed by atoms with Gasteiger partial charge in [-0.2, -0.15) is 4.31 Å². The first-order chi connectivity index (χ1) is 13.1. The maximum absolute atomic E-state index is 13.1. The number of sulfonamides is 1. The van der Waals surface area contributed by atoms with Gasteiger partial charge in [0, 0.05) is 31.5 Å². The Balaban J connectivity index is 1.89. The molecule has 1 aliphatic rings. The standard InChI is InChI=1S/C21H29N3O3S/c1-14-8-10-24(11-9-14)28(26,27)20-13-19(23(5)17(20)4)21(25)22-18-7-6-15(2)12-16(18)3/h6-7,12-14H,8-11H2,1-5H3,(H,22,25). The average Bonchev–Trinajstić information content (AvgIpc) is 2.94. The van der Waals surface area contributed by atoms with Crippen molar-refractivity contribution < 1.29 is 13.2 Å². The number of piperidine rings is 1. The summed E-state index contributed by atoms with van der Waals surface area (Å²) in [6, 6.07) is 7.30. The fourth-order valence-electron chi connectivity index (χ4n) is 3.65. The lowest BCUT2D eigenvalue weighted by atomic mass is 10.0. The molecular weight excluding hydrogens is 374 g/mol. The van der Waals surface area contributed by atoms with Gasteiger partial charge in [-0.3, -0.25) is 4.79 Å². The average molecular weight is 404 g/mol. The Bertz CT molecular complexity index is 1000. The molecule has 1 aromatic heterocycles. The fraction of sp³-hybridized carbons (Fsp3) is 0.476. The summed E-state index contributed by atoms with van der Waals surface area (Å²) < 4.78 is 29.5. The Hall–Kier alpha value is -2.12. The Kier molecular flexibility index (Phi) is 5.68. The van der Waals surface area contributed by atoms with Crippen molar-refractivity contribution in [2.75, 3.05) is 18.4 Å². The lowest BCUT2D eigenvalue weighted by molar-refractivity contribution is 0.101. The molecule has 0 saturated carbocycles. The zero-order valence-corrected chi connectivity index (χ0v) is 18.1. The van der Waals surface area contributed by atoms with Gasteiger partial charge in [0.15, 0.2) is 0 Å². The molecule has 0 radical (unpaired) electrons. The lowest BCUT2D eigenvalue weighted by Crippen LogP contribution is -2.38. The normalized spacial score (nSPS) is 16.3. The van der Waals surface area contributed by atoms with Crippen LogP contribution in [0, 0.1) is 26.7 Å². The van der Waals surface area contributed by atoms with Crippen LogP contribution in [0.2, 0.25) is 0 Å². The summed E-state index contributed by atoms with van der Waals surface area (Å²) in [5.74, 6) is 0.230. The number of carbonyl (C=O) groups is 1. The van der Waals surface area contributed by atoms with Gasteiger partial charge in [0.05, 0.1) is 0 Å². The summed E-state index contributed by atoms with van der Waals surface area (Å²) >= 11 is 0. The van der Waals surface area contributed by atoms with Crippen molar-refractivity contribution in [3.05, 3.63) is 46.8 Å². The van der Waals surface area contributed by atoms with Gasteiger partial charge in [0.1, 0.15) is 10.6 Å². The monoisotopic (exact) mass is 403 g/mol. The third-order valence-corrected chi connectivity index (χ3v) is 7.73. The van der Waals surface area contributed by atoms with Crippen LogP contribution >= 0.6 is 0 Å². The number of benzene rings is 1. The van der Waals surface area contributed by atoms with E-state index < -0.39 is 10.0 Å². The molecule has 3 rings (SSSR count). The van der Waals surface area contributed by atoms with Crippen LogP contribution in [0.3, 0.4) is 0 Å². The smallest absolute Gasteiger partial charge is 0.272 e. The summed E-state index contributed by atoms with van der Waals surface area (Å²) in [7, 11) is -1.88. The third-order valence-electron chi connectivity index (χ3n) is 5.71. The van der Waals surface area contributed by atoms with E-state index in [4.69, 9.17) is 0 Å². The molecule has 0 atom stereocenters. The van der Waals surface area contributed by atoms with Crippen LogP contribution in [-0.4, -0.2) is 36.3 Å². The number of anilines is 1. The molecule has 6 nitrogen and oxygen atoms in total. The summed E-state index contributed by atoms with van der Waals surface area (Å²) in [6.45, 7) is 8.88. The van der Waals surface area contributed by atoms with E-state index >= 15 is 0 Å². The zero-order chi connectivity index (χ0) is 20.6. The van der Waals surface area contributed by atoms with Crippen LogP contribution in [0.1, 0.15) is 47.1 Å². The van der Waals surface area contributed by atoms with E-state index in [1.165, 1.54) is 6.07 Å². The molecule has 1 saturated heterocycles. The predicted molar refractivity (Wildman–Crippen MR) is 111 cm³/mol. The molecule has 28 heavy (non-hydrogen) atoms. The van der Waals surface area contributed by atoms with Crippen molar-refractivity contribution in [2.24, 2.45) is 13.0 Å². The Morgan fingerprint density at radius 1 is 1.11 bits per heavy atom. The van der Waals surface area contributed by atoms with Crippen molar-refractivity contribution in [1.82, 2.24) is 8.87 Å². The van der Waals surface area contributed by atoms with E-state index in [0.717, 1.165) is 29.7 Å². The maximum atomic E-state index is 13.1. The van der Waals surface area contributed by atoms with Crippen LogP contribution in [0.25, 0.3) is 0 Å². The van der Waals surface area contributed by atoms with Crippen LogP contribution in [-0.2, 0) is 17.1 Å². The number of nitrogens with one attached hydrogen (secondary N) is 1. The molecule has 0 unspecified atom stereocenters. The van der Waals surface area contributed by atoms with Gasteiger partial charge < -0.3 is 9.88 Å². The van der Waals surface area contributed by atoms with Crippen molar-refractivity contribution in [1.29, 1.82) is 0 Å². The molecule has 0 bridgehead atoms. The highest BCUT2D eigenvalue weighted by molar-refractivity contribution is 7.89. The molecule has 1 aromatic carbocycles. The minimum Gasteiger partial charge on any atom is -0.343 e.